The Bertz CT molecular complexity index is 801. The molecule has 0 bridgehead atoms. The first-order valence-electron chi connectivity index (χ1n) is 6.53. The van der Waals surface area contributed by atoms with E-state index in [1.807, 2.05) is 54.6 Å². The van der Waals surface area contributed by atoms with Crippen molar-refractivity contribution in [2.24, 2.45) is 5.73 Å². The zero-order valence-corrected chi connectivity index (χ0v) is 11.2. The van der Waals surface area contributed by atoms with Gasteiger partial charge in [-0.2, -0.15) is 0 Å². The van der Waals surface area contributed by atoms with Gasteiger partial charge in [0, 0.05) is 0 Å². The van der Waals surface area contributed by atoms with Crippen molar-refractivity contribution < 1.29 is 14.3 Å². The minimum atomic E-state index is -0.673. The molecular weight excluding hydrogens is 266 g/mol. The van der Waals surface area contributed by atoms with Gasteiger partial charge in [0.05, 0.1) is 5.56 Å². The van der Waals surface area contributed by atoms with E-state index in [0.717, 1.165) is 21.5 Å². The fourth-order valence-electron chi connectivity index (χ4n) is 2.44. The lowest BCUT2D eigenvalue weighted by molar-refractivity contribution is -0.121. The lowest BCUT2D eigenvalue weighted by Gasteiger charge is -2.10. The Morgan fingerprint density at radius 3 is 1.95 bits per heavy atom. The first kappa shape index (κ1) is 13.1. The molecule has 0 fully saturated rings. The van der Waals surface area contributed by atoms with Crippen LogP contribution in [0.1, 0.15) is 10.4 Å². The highest BCUT2D eigenvalue weighted by atomic mass is 16.5. The van der Waals surface area contributed by atoms with Gasteiger partial charge in [-0.15, -0.1) is 0 Å². The number of ether oxygens (including phenoxy) is 1. The fraction of sp³-hybridized carbons (Fsp3) is 0.0588. The summed E-state index contributed by atoms with van der Waals surface area (Å²) in [6, 6.07) is 17.2. The van der Waals surface area contributed by atoms with Crippen molar-refractivity contribution >= 4 is 33.4 Å². The highest BCUT2D eigenvalue weighted by Gasteiger charge is 2.16. The van der Waals surface area contributed by atoms with Gasteiger partial charge >= 0.3 is 5.97 Å². The normalized spacial score (nSPS) is 10.7. The summed E-state index contributed by atoms with van der Waals surface area (Å²) < 4.78 is 4.99. The van der Waals surface area contributed by atoms with Gasteiger partial charge in [-0.3, -0.25) is 4.79 Å². The number of hydrogen-bond donors (Lipinski definition) is 1. The third kappa shape index (κ3) is 2.43. The molecule has 2 N–H and O–H groups in total. The Hall–Kier alpha value is -2.88. The molecule has 0 unspecified atom stereocenters. The van der Waals surface area contributed by atoms with E-state index in [4.69, 9.17) is 10.5 Å². The number of benzene rings is 3. The third-order valence-corrected chi connectivity index (χ3v) is 3.32. The Morgan fingerprint density at radius 2 is 1.43 bits per heavy atom. The minimum absolute atomic E-state index is 0.420. The highest BCUT2D eigenvalue weighted by Crippen LogP contribution is 2.28. The zero-order chi connectivity index (χ0) is 14.8. The van der Waals surface area contributed by atoms with Crippen LogP contribution in [0.4, 0.5) is 0 Å². The second-order valence-electron chi connectivity index (χ2n) is 4.74. The Kier molecular flexibility index (Phi) is 3.28. The maximum absolute atomic E-state index is 12.3. The van der Waals surface area contributed by atoms with Gasteiger partial charge in [0.2, 0.25) is 0 Å². The molecule has 0 radical (unpaired) electrons. The van der Waals surface area contributed by atoms with Crippen LogP contribution in [0.2, 0.25) is 0 Å². The van der Waals surface area contributed by atoms with Gasteiger partial charge in [0.15, 0.2) is 6.61 Å². The molecule has 3 rings (SSSR count). The van der Waals surface area contributed by atoms with Crippen LogP contribution in [-0.4, -0.2) is 18.5 Å². The smallest absolute Gasteiger partial charge is 0.339 e. The summed E-state index contributed by atoms with van der Waals surface area (Å²) in [5.41, 5.74) is 5.49. The molecule has 0 spiro atoms. The molecule has 1 amide bonds. The van der Waals surface area contributed by atoms with Crippen molar-refractivity contribution in [1.82, 2.24) is 0 Å². The third-order valence-electron chi connectivity index (χ3n) is 3.32. The topological polar surface area (TPSA) is 69.4 Å². The predicted molar refractivity (Wildman–Crippen MR) is 80.9 cm³/mol. The predicted octanol–water partition coefficient (Wildman–Crippen LogP) is 2.64. The van der Waals surface area contributed by atoms with Crippen LogP contribution in [0.25, 0.3) is 21.5 Å². The van der Waals surface area contributed by atoms with E-state index >= 15 is 0 Å². The second kappa shape index (κ2) is 5.25. The van der Waals surface area contributed by atoms with Crippen molar-refractivity contribution in [3.05, 3.63) is 60.2 Å². The largest absolute Gasteiger partial charge is 0.452 e. The molecule has 3 aromatic carbocycles. The average molecular weight is 279 g/mol. The summed E-state index contributed by atoms with van der Waals surface area (Å²) in [6.45, 7) is -0.420. The monoisotopic (exact) mass is 279 g/mol. The average Bonchev–Trinajstić information content (AvgIpc) is 2.50. The van der Waals surface area contributed by atoms with Gasteiger partial charge in [0.25, 0.3) is 5.91 Å². The lowest BCUT2D eigenvalue weighted by atomic mass is 9.97. The van der Waals surface area contributed by atoms with E-state index in [2.05, 4.69) is 0 Å². The van der Waals surface area contributed by atoms with E-state index in [9.17, 15) is 9.59 Å². The maximum Gasteiger partial charge on any atom is 0.339 e. The lowest BCUT2D eigenvalue weighted by Crippen LogP contribution is -2.21. The number of nitrogens with two attached hydrogens (primary N) is 1. The van der Waals surface area contributed by atoms with E-state index in [-0.39, 0.29) is 0 Å². The van der Waals surface area contributed by atoms with Crippen molar-refractivity contribution in [1.29, 1.82) is 0 Å². The molecule has 0 aliphatic heterocycles. The number of esters is 1. The number of rotatable bonds is 3. The molecule has 3 aromatic rings. The summed E-state index contributed by atoms with van der Waals surface area (Å²) >= 11 is 0. The number of fused-ring (bicyclic) bond motifs is 2. The Labute approximate surface area is 121 Å². The van der Waals surface area contributed by atoms with Crippen LogP contribution in [0, 0.1) is 0 Å². The van der Waals surface area contributed by atoms with E-state index < -0.39 is 18.5 Å². The molecular formula is C17H13NO3. The standard InChI is InChI=1S/C17H13NO3/c18-15(19)10-21-17(20)16-13-7-3-1-5-11(13)9-12-6-2-4-8-14(12)16/h1-9H,10H2,(H2,18,19). The van der Waals surface area contributed by atoms with Crippen LogP contribution in [-0.2, 0) is 9.53 Å². The molecule has 21 heavy (non-hydrogen) atoms. The molecule has 4 nitrogen and oxygen atoms in total. The molecule has 0 aliphatic carbocycles. The zero-order valence-electron chi connectivity index (χ0n) is 11.2. The van der Waals surface area contributed by atoms with E-state index in [1.54, 1.807) is 0 Å². The van der Waals surface area contributed by atoms with Crippen molar-refractivity contribution in [3.8, 4) is 0 Å². The van der Waals surface area contributed by atoms with Crippen molar-refractivity contribution in [2.45, 2.75) is 0 Å². The number of amides is 1. The molecule has 0 aromatic heterocycles. The first-order valence-corrected chi connectivity index (χ1v) is 6.53. The van der Waals surface area contributed by atoms with Crippen LogP contribution < -0.4 is 5.73 Å². The molecule has 104 valence electrons. The molecule has 0 saturated heterocycles. The molecule has 0 saturated carbocycles. The molecule has 4 heteroatoms. The SMILES string of the molecule is NC(=O)COC(=O)c1c2ccccc2cc2ccccc12. The summed E-state index contributed by atoms with van der Waals surface area (Å²) in [5, 5.41) is 3.49. The number of carbonyl (C=O) groups excluding carboxylic acids is 2. The van der Waals surface area contributed by atoms with E-state index in [0.29, 0.717) is 5.56 Å². The quantitative estimate of drug-likeness (QED) is 0.592. The maximum atomic E-state index is 12.3. The van der Waals surface area contributed by atoms with Gasteiger partial charge in [-0.05, 0) is 27.6 Å². The second-order valence-corrected chi connectivity index (χ2v) is 4.74. The summed E-state index contributed by atoms with van der Waals surface area (Å²) in [5.74, 6) is -1.21. The highest BCUT2D eigenvalue weighted by molar-refractivity contribution is 6.16. The van der Waals surface area contributed by atoms with Crippen molar-refractivity contribution in [2.75, 3.05) is 6.61 Å². The summed E-state index contributed by atoms with van der Waals surface area (Å²) in [6.07, 6.45) is 0. The minimum Gasteiger partial charge on any atom is -0.452 e. The Balaban J connectivity index is 2.25. The number of carbonyl (C=O) groups is 2. The van der Waals surface area contributed by atoms with Crippen LogP contribution >= 0.6 is 0 Å². The Morgan fingerprint density at radius 1 is 0.905 bits per heavy atom. The molecule has 0 atom stereocenters. The van der Waals surface area contributed by atoms with E-state index in [1.165, 1.54) is 0 Å². The van der Waals surface area contributed by atoms with Gasteiger partial charge in [-0.1, -0.05) is 48.5 Å². The number of hydrogen-bond acceptors (Lipinski definition) is 3. The van der Waals surface area contributed by atoms with Crippen LogP contribution in [0.5, 0.6) is 0 Å². The van der Waals surface area contributed by atoms with Gasteiger partial charge < -0.3 is 10.5 Å². The fourth-order valence-corrected chi connectivity index (χ4v) is 2.44. The summed E-state index contributed by atoms with van der Waals surface area (Å²) in [4.78, 5) is 23.2. The number of primary amides is 1. The first-order chi connectivity index (χ1) is 10.2. The van der Waals surface area contributed by atoms with Crippen LogP contribution in [0.15, 0.2) is 54.6 Å². The molecule has 0 aliphatic rings. The van der Waals surface area contributed by atoms with Gasteiger partial charge in [-0.25, -0.2) is 4.79 Å². The summed E-state index contributed by atoms with van der Waals surface area (Å²) in [7, 11) is 0. The van der Waals surface area contributed by atoms with Crippen LogP contribution in [0.3, 0.4) is 0 Å². The van der Waals surface area contributed by atoms with Crippen molar-refractivity contribution in [3.63, 3.8) is 0 Å². The van der Waals surface area contributed by atoms with Gasteiger partial charge in [0.1, 0.15) is 0 Å². The molecule has 0 heterocycles.